The highest BCUT2D eigenvalue weighted by atomic mass is 19.4. The average molecular weight is 316 g/mol. The predicted molar refractivity (Wildman–Crippen MR) is 75.0 cm³/mol. The first kappa shape index (κ1) is 16.8. The van der Waals surface area contributed by atoms with E-state index in [9.17, 15) is 23.1 Å². The minimum atomic E-state index is -4.89. The van der Waals surface area contributed by atoms with Crippen molar-refractivity contribution in [1.29, 1.82) is 0 Å². The number of benzene rings is 1. The van der Waals surface area contributed by atoms with Crippen molar-refractivity contribution in [2.24, 2.45) is 0 Å². The summed E-state index contributed by atoms with van der Waals surface area (Å²) >= 11 is 0. The van der Waals surface area contributed by atoms with Crippen molar-refractivity contribution in [3.63, 3.8) is 0 Å². The van der Waals surface area contributed by atoms with Crippen LogP contribution >= 0.6 is 0 Å². The van der Waals surface area contributed by atoms with Crippen molar-refractivity contribution in [3.05, 3.63) is 35.9 Å². The molecule has 0 saturated carbocycles. The van der Waals surface area contributed by atoms with Gasteiger partial charge in [-0.05, 0) is 24.9 Å². The van der Waals surface area contributed by atoms with Crippen LogP contribution < -0.4 is 10.6 Å². The summed E-state index contributed by atoms with van der Waals surface area (Å²) in [5.74, 6) is -0.515. The molecule has 0 spiro atoms. The molecule has 22 heavy (non-hydrogen) atoms. The maximum Gasteiger partial charge on any atom is 0.423 e. The SMILES string of the molecule is O=C(NCC(O)(c1ccccc1)C(F)(F)F)C1CCCCN1. The van der Waals surface area contributed by atoms with Crippen molar-refractivity contribution in [2.75, 3.05) is 13.1 Å². The first-order valence-corrected chi connectivity index (χ1v) is 7.20. The number of carbonyl (C=O) groups is 1. The van der Waals surface area contributed by atoms with Crippen LogP contribution in [0.2, 0.25) is 0 Å². The van der Waals surface area contributed by atoms with Crippen molar-refractivity contribution >= 4 is 5.91 Å². The zero-order chi connectivity index (χ0) is 16.2. The number of amides is 1. The number of halogens is 3. The summed E-state index contributed by atoms with van der Waals surface area (Å²) in [7, 11) is 0. The molecule has 1 heterocycles. The van der Waals surface area contributed by atoms with Gasteiger partial charge < -0.3 is 15.7 Å². The number of carbonyl (C=O) groups excluding carboxylic acids is 1. The molecule has 1 amide bonds. The van der Waals surface area contributed by atoms with Crippen LogP contribution in [0.3, 0.4) is 0 Å². The van der Waals surface area contributed by atoms with Gasteiger partial charge >= 0.3 is 6.18 Å². The highest BCUT2D eigenvalue weighted by molar-refractivity contribution is 5.81. The van der Waals surface area contributed by atoms with Gasteiger partial charge in [-0.15, -0.1) is 0 Å². The molecule has 0 aromatic heterocycles. The fourth-order valence-electron chi connectivity index (χ4n) is 2.49. The first-order chi connectivity index (χ1) is 10.3. The quantitative estimate of drug-likeness (QED) is 0.792. The van der Waals surface area contributed by atoms with Gasteiger partial charge in [0, 0.05) is 0 Å². The minimum absolute atomic E-state index is 0.292. The van der Waals surface area contributed by atoms with Crippen LogP contribution in [0.25, 0.3) is 0 Å². The zero-order valence-electron chi connectivity index (χ0n) is 12.0. The van der Waals surface area contributed by atoms with Gasteiger partial charge in [-0.25, -0.2) is 0 Å². The Labute approximate surface area is 126 Å². The number of hydrogen-bond acceptors (Lipinski definition) is 3. The average Bonchev–Trinajstić information content (AvgIpc) is 2.53. The van der Waals surface area contributed by atoms with Gasteiger partial charge in [-0.3, -0.25) is 4.79 Å². The Hall–Kier alpha value is -1.60. The Morgan fingerprint density at radius 1 is 1.27 bits per heavy atom. The smallest absolute Gasteiger partial charge is 0.375 e. The highest BCUT2D eigenvalue weighted by Crippen LogP contribution is 2.38. The zero-order valence-corrected chi connectivity index (χ0v) is 12.0. The summed E-state index contributed by atoms with van der Waals surface area (Å²) in [5, 5.41) is 15.3. The molecule has 1 fully saturated rings. The fraction of sp³-hybridized carbons (Fsp3) is 0.533. The molecular weight excluding hydrogens is 297 g/mol. The molecule has 0 radical (unpaired) electrons. The summed E-state index contributed by atoms with van der Waals surface area (Å²) in [6.45, 7) is -0.238. The summed E-state index contributed by atoms with van der Waals surface area (Å²) in [6.07, 6.45) is -2.50. The molecule has 1 aromatic carbocycles. The number of piperidine rings is 1. The number of aliphatic hydroxyl groups is 1. The molecule has 1 saturated heterocycles. The van der Waals surface area contributed by atoms with Crippen LogP contribution in [0.1, 0.15) is 24.8 Å². The topological polar surface area (TPSA) is 61.4 Å². The number of nitrogens with one attached hydrogen (secondary N) is 2. The monoisotopic (exact) mass is 316 g/mol. The Morgan fingerprint density at radius 3 is 2.50 bits per heavy atom. The van der Waals surface area contributed by atoms with Crippen molar-refractivity contribution in [3.8, 4) is 0 Å². The molecule has 1 aromatic rings. The summed E-state index contributed by atoms with van der Waals surface area (Å²) in [6, 6.07) is 6.27. The van der Waals surface area contributed by atoms with Gasteiger partial charge in [0.2, 0.25) is 11.5 Å². The fourth-order valence-corrected chi connectivity index (χ4v) is 2.49. The largest absolute Gasteiger partial charge is 0.423 e. The van der Waals surface area contributed by atoms with Gasteiger partial charge in [-0.1, -0.05) is 36.8 Å². The summed E-state index contributed by atoms with van der Waals surface area (Å²) in [4.78, 5) is 12.0. The van der Waals surface area contributed by atoms with Gasteiger partial charge in [-0.2, -0.15) is 13.2 Å². The highest BCUT2D eigenvalue weighted by Gasteiger charge is 2.55. The van der Waals surface area contributed by atoms with Crippen molar-refractivity contribution < 1.29 is 23.1 Å². The van der Waals surface area contributed by atoms with Gasteiger partial charge in [0.1, 0.15) is 0 Å². The van der Waals surface area contributed by atoms with E-state index >= 15 is 0 Å². The third-order valence-corrected chi connectivity index (χ3v) is 3.87. The van der Waals surface area contributed by atoms with Crippen LogP contribution in [0, 0.1) is 0 Å². The lowest BCUT2D eigenvalue weighted by Crippen LogP contribution is -2.54. The second-order valence-electron chi connectivity index (χ2n) is 5.44. The number of hydrogen-bond donors (Lipinski definition) is 3. The van der Waals surface area contributed by atoms with E-state index in [0.717, 1.165) is 12.8 Å². The molecule has 2 unspecified atom stereocenters. The van der Waals surface area contributed by atoms with E-state index in [0.29, 0.717) is 13.0 Å². The molecule has 122 valence electrons. The maximum atomic E-state index is 13.3. The predicted octanol–water partition coefficient (Wildman–Crippen LogP) is 1.69. The second-order valence-corrected chi connectivity index (χ2v) is 5.44. The third-order valence-electron chi connectivity index (χ3n) is 3.87. The van der Waals surface area contributed by atoms with E-state index in [4.69, 9.17) is 0 Å². The Bertz CT molecular complexity index is 501. The van der Waals surface area contributed by atoms with Crippen LogP contribution in [-0.4, -0.2) is 36.3 Å². The van der Waals surface area contributed by atoms with Crippen LogP contribution in [0.15, 0.2) is 30.3 Å². The maximum absolute atomic E-state index is 13.3. The van der Waals surface area contributed by atoms with E-state index in [2.05, 4.69) is 10.6 Å². The minimum Gasteiger partial charge on any atom is -0.375 e. The molecule has 0 bridgehead atoms. The van der Waals surface area contributed by atoms with Crippen LogP contribution in [0.5, 0.6) is 0 Å². The molecule has 1 aliphatic heterocycles. The van der Waals surface area contributed by atoms with E-state index < -0.39 is 30.3 Å². The second kappa shape index (κ2) is 6.66. The van der Waals surface area contributed by atoms with Crippen molar-refractivity contribution in [2.45, 2.75) is 37.1 Å². The van der Waals surface area contributed by atoms with Gasteiger partial charge in [0.05, 0.1) is 12.6 Å². The van der Waals surface area contributed by atoms with E-state index in [1.54, 1.807) is 6.07 Å². The van der Waals surface area contributed by atoms with Crippen molar-refractivity contribution in [1.82, 2.24) is 10.6 Å². The lowest BCUT2D eigenvalue weighted by atomic mass is 9.92. The first-order valence-electron chi connectivity index (χ1n) is 7.20. The molecule has 1 aliphatic rings. The molecule has 2 rings (SSSR count). The molecule has 4 nitrogen and oxygen atoms in total. The molecule has 7 heteroatoms. The number of rotatable bonds is 4. The Balaban J connectivity index is 2.09. The Kier molecular flexibility index (Phi) is 5.08. The molecule has 0 aliphatic carbocycles. The van der Waals surface area contributed by atoms with Gasteiger partial charge in [0.25, 0.3) is 0 Å². The Morgan fingerprint density at radius 2 is 1.95 bits per heavy atom. The van der Waals surface area contributed by atoms with Gasteiger partial charge in [0.15, 0.2) is 0 Å². The molecule has 3 N–H and O–H groups in total. The summed E-state index contributed by atoms with van der Waals surface area (Å²) < 4.78 is 39.8. The van der Waals surface area contributed by atoms with Crippen LogP contribution in [0.4, 0.5) is 13.2 Å². The summed E-state index contributed by atoms with van der Waals surface area (Å²) in [5.41, 5.74) is -3.39. The molecular formula is C15H19F3N2O2. The normalized spacial score (nSPS) is 21.9. The molecule has 2 atom stereocenters. The van der Waals surface area contributed by atoms with Crippen LogP contribution in [-0.2, 0) is 10.4 Å². The van der Waals surface area contributed by atoms with E-state index in [1.165, 1.54) is 24.3 Å². The number of alkyl halides is 3. The van der Waals surface area contributed by atoms with E-state index in [1.807, 2.05) is 0 Å². The lowest BCUT2D eigenvalue weighted by Gasteiger charge is -2.32. The third kappa shape index (κ3) is 3.59. The van der Waals surface area contributed by atoms with E-state index in [-0.39, 0.29) is 5.56 Å². The standard InChI is InChI=1S/C15H19F3N2O2/c16-15(17,18)14(22,11-6-2-1-3-7-11)10-20-13(21)12-8-4-5-9-19-12/h1-3,6-7,12,19,22H,4-5,8-10H2,(H,20,21). The lowest BCUT2D eigenvalue weighted by molar-refractivity contribution is -0.264.